The number of amides is 3. The van der Waals surface area contributed by atoms with Gasteiger partial charge in [-0.1, -0.05) is 0 Å². The number of rotatable bonds is 2. The zero-order chi connectivity index (χ0) is 11.7. The number of carbonyl (C=O) groups is 2. The van der Waals surface area contributed by atoms with E-state index in [9.17, 15) is 9.59 Å². The predicted octanol–water partition coefficient (Wildman–Crippen LogP) is 0.0897. The fourth-order valence-electron chi connectivity index (χ4n) is 1.24. The quantitative estimate of drug-likeness (QED) is 0.567. The number of hydrogen-bond acceptors (Lipinski definition) is 5. The van der Waals surface area contributed by atoms with E-state index < -0.39 is 6.03 Å². The van der Waals surface area contributed by atoms with Crippen LogP contribution in [0.3, 0.4) is 0 Å². The molecule has 1 fully saturated rings. The molecule has 0 atom stereocenters. The SMILES string of the molecule is CN1C(=O)CN(/N=C/c2ccc(N)o2)C1=O. The molecule has 7 heteroatoms. The van der Waals surface area contributed by atoms with Gasteiger partial charge in [0.1, 0.15) is 12.3 Å². The number of imide groups is 1. The van der Waals surface area contributed by atoms with Crippen molar-refractivity contribution in [1.82, 2.24) is 9.91 Å². The third kappa shape index (κ3) is 1.74. The van der Waals surface area contributed by atoms with Crippen molar-refractivity contribution < 1.29 is 14.0 Å². The molecular formula is C9H10N4O3. The summed E-state index contributed by atoms with van der Waals surface area (Å²) in [6.07, 6.45) is 1.33. The van der Waals surface area contributed by atoms with Crippen molar-refractivity contribution >= 4 is 24.0 Å². The van der Waals surface area contributed by atoms with Gasteiger partial charge < -0.3 is 10.2 Å². The van der Waals surface area contributed by atoms with E-state index in [1.165, 1.54) is 13.3 Å². The van der Waals surface area contributed by atoms with E-state index in [0.29, 0.717) is 5.76 Å². The van der Waals surface area contributed by atoms with Crippen LogP contribution >= 0.6 is 0 Å². The molecule has 0 unspecified atom stereocenters. The van der Waals surface area contributed by atoms with E-state index in [0.717, 1.165) is 9.91 Å². The Morgan fingerprint density at radius 3 is 2.75 bits per heavy atom. The summed E-state index contributed by atoms with van der Waals surface area (Å²) in [4.78, 5) is 23.6. The van der Waals surface area contributed by atoms with E-state index in [2.05, 4.69) is 5.10 Å². The average molecular weight is 222 g/mol. The first-order valence-electron chi connectivity index (χ1n) is 4.55. The Morgan fingerprint density at radius 2 is 2.25 bits per heavy atom. The van der Waals surface area contributed by atoms with Crippen molar-refractivity contribution in [2.24, 2.45) is 5.10 Å². The van der Waals surface area contributed by atoms with Gasteiger partial charge in [-0.25, -0.2) is 9.80 Å². The summed E-state index contributed by atoms with van der Waals surface area (Å²) in [6.45, 7) is -0.0535. The highest BCUT2D eigenvalue weighted by molar-refractivity contribution is 6.01. The van der Waals surface area contributed by atoms with E-state index in [1.807, 2.05) is 0 Å². The summed E-state index contributed by atoms with van der Waals surface area (Å²) in [7, 11) is 1.41. The molecule has 7 nitrogen and oxygen atoms in total. The summed E-state index contributed by atoms with van der Waals surface area (Å²) in [6, 6.07) is 2.73. The largest absolute Gasteiger partial charge is 0.440 e. The fraction of sp³-hybridized carbons (Fsp3) is 0.222. The number of carbonyl (C=O) groups excluding carboxylic acids is 2. The monoisotopic (exact) mass is 222 g/mol. The Morgan fingerprint density at radius 1 is 1.50 bits per heavy atom. The van der Waals surface area contributed by atoms with E-state index >= 15 is 0 Å². The van der Waals surface area contributed by atoms with Gasteiger partial charge in [-0.2, -0.15) is 5.10 Å². The molecule has 0 bridgehead atoms. The van der Waals surface area contributed by atoms with Crippen LogP contribution in [0.4, 0.5) is 10.7 Å². The van der Waals surface area contributed by atoms with Gasteiger partial charge in [0.15, 0.2) is 5.88 Å². The Labute approximate surface area is 91.1 Å². The first kappa shape index (κ1) is 10.2. The molecule has 1 aliphatic heterocycles. The Hall–Kier alpha value is -2.31. The molecule has 0 aliphatic carbocycles. The standard InChI is InChI=1S/C9H10N4O3/c1-12-8(14)5-13(9(12)15)11-4-6-2-3-7(10)16-6/h2-4H,5,10H2,1H3/b11-4+. The number of nitrogens with two attached hydrogens (primary N) is 1. The smallest absolute Gasteiger partial charge is 0.347 e. The fourth-order valence-corrected chi connectivity index (χ4v) is 1.24. The number of furan rings is 1. The second kappa shape index (κ2) is 3.69. The normalized spacial score (nSPS) is 16.8. The van der Waals surface area contributed by atoms with Crippen LogP contribution in [0, 0.1) is 0 Å². The van der Waals surface area contributed by atoms with Gasteiger partial charge in [-0.05, 0) is 6.07 Å². The molecule has 2 N–H and O–H groups in total. The van der Waals surface area contributed by atoms with Crippen molar-refractivity contribution in [3.8, 4) is 0 Å². The number of hydrazone groups is 1. The second-order valence-corrected chi connectivity index (χ2v) is 3.28. The zero-order valence-corrected chi connectivity index (χ0v) is 8.58. The topological polar surface area (TPSA) is 92.1 Å². The molecule has 2 rings (SSSR count). The van der Waals surface area contributed by atoms with E-state index in [1.54, 1.807) is 12.1 Å². The molecule has 0 saturated carbocycles. The summed E-state index contributed by atoms with van der Waals surface area (Å²) < 4.78 is 5.02. The highest BCUT2D eigenvalue weighted by Gasteiger charge is 2.32. The molecule has 84 valence electrons. The number of likely N-dealkylation sites (N-methyl/N-ethyl adjacent to an activating group) is 1. The highest BCUT2D eigenvalue weighted by atomic mass is 16.3. The lowest BCUT2D eigenvalue weighted by atomic mass is 10.5. The van der Waals surface area contributed by atoms with Gasteiger partial charge in [-0.3, -0.25) is 9.69 Å². The molecule has 3 amide bonds. The molecule has 1 aliphatic rings. The minimum atomic E-state index is -0.458. The number of hydrogen-bond donors (Lipinski definition) is 1. The van der Waals surface area contributed by atoms with Crippen molar-refractivity contribution in [2.45, 2.75) is 0 Å². The maximum Gasteiger partial charge on any atom is 0.347 e. The van der Waals surface area contributed by atoms with Gasteiger partial charge >= 0.3 is 6.03 Å². The lowest BCUT2D eigenvalue weighted by Gasteiger charge is -2.06. The molecule has 1 aromatic heterocycles. The second-order valence-electron chi connectivity index (χ2n) is 3.28. The van der Waals surface area contributed by atoms with E-state index in [-0.39, 0.29) is 18.3 Å². The number of urea groups is 1. The Bertz CT molecular complexity index is 465. The molecule has 1 aromatic rings. The lowest BCUT2D eigenvalue weighted by Crippen LogP contribution is -2.26. The first-order chi connectivity index (χ1) is 7.58. The van der Waals surface area contributed by atoms with E-state index in [4.69, 9.17) is 10.2 Å². The van der Waals surface area contributed by atoms with Gasteiger partial charge in [-0.15, -0.1) is 0 Å². The van der Waals surface area contributed by atoms with Crippen LogP contribution in [0.15, 0.2) is 21.7 Å². The van der Waals surface area contributed by atoms with Crippen molar-refractivity contribution in [2.75, 3.05) is 19.3 Å². The summed E-state index contributed by atoms with van der Waals surface area (Å²) in [5.41, 5.74) is 5.36. The molecule has 0 spiro atoms. The van der Waals surface area contributed by atoms with Gasteiger partial charge in [0.2, 0.25) is 0 Å². The van der Waals surface area contributed by atoms with Crippen LogP contribution in [-0.2, 0) is 4.79 Å². The van der Waals surface area contributed by atoms with Crippen molar-refractivity contribution in [1.29, 1.82) is 0 Å². The Balaban J connectivity index is 2.08. The number of nitrogen functional groups attached to an aromatic ring is 1. The maximum atomic E-state index is 11.4. The molecular weight excluding hydrogens is 212 g/mol. The summed E-state index contributed by atoms with van der Waals surface area (Å²) in [5.74, 6) is 0.399. The zero-order valence-electron chi connectivity index (χ0n) is 8.58. The van der Waals surface area contributed by atoms with Crippen LogP contribution in [0.25, 0.3) is 0 Å². The lowest BCUT2D eigenvalue weighted by molar-refractivity contribution is -0.124. The van der Waals surface area contributed by atoms with Crippen molar-refractivity contribution in [3.63, 3.8) is 0 Å². The van der Waals surface area contributed by atoms with Crippen LogP contribution in [0.5, 0.6) is 0 Å². The molecule has 2 heterocycles. The third-order valence-electron chi connectivity index (χ3n) is 2.14. The summed E-state index contributed by atoms with van der Waals surface area (Å²) >= 11 is 0. The highest BCUT2D eigenvalue weighted by Crippen LogP contribution is 2.10. The van der Waals surface area contributed by atoms with Crippen molar-refractivity contribution in [3.05, 3.63) is 17.9 Å². The van der Waals surface area contributed by atoms with Gasteiger partial charge in [0.05, 0.1) is 6.21 Å². The van der Waals surface area contributed by atoms with Crippen LogP contribution in [0.2, 0.25) is 0 Å². The average Bonchev–Trinajstić information content (AvgIpc) is 2.76. The number of anilines is 1. The summed E-state index contributed by atoms with van der Waals surface area (Å²) in [5, 5.41) is 4.89. The molecule has 1 saturated heterocycles. The van der Waals surface area contributed by atoms with Crippen LogP contribution in [0.1, 0.15) is 5.76 Å². The first-order valence-corrected chi connectivity index (χ1v) is 4.55. The minimum Gasteiger partial charge on any atom is -0.440 e. The molecule has 0 aromatic carbocycles. The van der Waals surface area contributed by atoms with Gasteiger partial charge in [0.25, 0.3) is 5.91 Å². The predicted molar refractivity (Wildman–Crippen MR) is 55.6 cm³/mol. The van der Waals surface area contributed by atoms with Crippen LogP contribution < -0.4 is 5.73 Å². The van der Waals surface area contributed by atoms with Gasteiger partial charge in [0, 0.05) is 13.1 Å². The minimum absolute atomic E-state index is 0.0535. The molecule has 0 radical (unpaired) electrons. The number of nitrogens with zero attached hydrogens (tertiary/aromatic N) is 3. The Kier molecular flexibility index (Phi) is 2.35. The maximum absolute atomic E-state index is 11.4. The third-order valence-corrected chi connectivity index (χ3v) is 2.14. The van der Waals surface area contributed by atoms with Crippen LogP contribution in [-0.4, -0.2) is 41.7 Å². The molecule has 16 heavy (non-hydrogen) atoms.